The number of rotatable bonds is 2. The highest BCUT2D eigenvalue weighted by atomic mass is 35.5. The van der Waals surface area contributed by atoms with Gasteiger partial charge in [0.05, 0.1) is 0 Å². The fourth-order valence-corrected chi connectivity index (χ4v) is 1.80. The topological polar surface area (TPSA) is 110 Å². The number of carbonyl (C=O) groups is 1. The van der Waals surface area contributed by atoms with Crippen molar-refractivity contribution in [1.82, 2.24) is 9.97 Å². The molecule has 2 aromatic rings. The maximum Gasteiger partial charge on any atom is 0.300 e. The van der Waals surface area contributed by atoms with Gasteiger partial charge in [0.25, 0.3) is 0 Å². The van der Waals surface area contributed by atoms with Gasteiger partial charge in [-0.3, -0.25) is 4.79 Å². The molecule has 0 aliphatic carbocycles. The van der Waals surface area contributed by atoms with Crippen molar-refractivity contribution in [2.75, 3.05) is 0 Å². The van der Waals surface area contributed by atoms with Crippen LogP contribution in [0.2, 0.25) is 5.02 Å². The highest BCUT2D eigenvalue weighted by Crippen LogP contribution is 2.21. The number of nitrogens with zero attached hydrogens (tertiary/aromatic N) is 2. The standard InChI is InChI=1S/C12H12ClN5O/c1-6-9(11(19)18-12(14)15)17-10(16-6)7-3-2-4-8(13)5-7/h2-5H,1H3,(H,16,17)(H4,14,15,18,19). The number of aromatic nitrogens is 2. The molecule has 6 nitrogen and oxygen atoms in total. The molecule has 0 saturated heterocycles. The summed E-state index contributed by atoms with van der Waals surface area (Å²) in [5.41, 5.74) is 11.9. The molecule has 0 spiro atoms. The van der Waals surface area contributed by atoms with Gasteiger partial charge >= 0.3 is 5.91 Å². The summed E-state index contributed by atoms with van der Waals surface area (Å²) < 4.78 is 0. The Morgan fingerprint density at radius 3 is 2.79 bits per heavy atom. The third-order valence-corrected chi connectivity index (χ3v) is 2.65. The first-order chi connectivity index (χ1) is 8.97. The number of nitrogens with one attached hydrogen (secondary N) is 1. The summed E-state index contributed by atoms with van der Waals surface area (Å²) in [5, 5.41) is 0.587. The second kappa shape index (κ2) is 5.11. The van der Waals surface area contributed by atoms with Gasteiger partial charge < -0.3 is 16.5 Å². The number of amides is 1. The van der Waals surface area contributed by atoms with E-state index in [4.69, 9.17) is 23.1 Å². The Labute approximate surface area is 114 Å². The van der Waals surface area contributed by atoms with E-state index >= 15 is 0 Å². The minimum atomic E-state index is -0.581. The summed E-state index contributed by atoms with van der Waals surface area (Å²) >= 11 is 5.91. The summed E-state index contributed by atoms with van der Waals surface area (Å²) in [6.07, 6.45) is 0. The molecule has 0 bridgehead atoms. The molecule has 0 atom stereocenters. The minimum absolute atomic E-state index is 0.184. The van der Waals surface area contributed by atoms with Crippen molar-refractivity contribution < 1.29 is 4.79 Å². The van der Waals surface area contributed by atoms with Gasteiger partial charge in [-0.1, -0.05) is 23.7 Å². The number of hydrogen-bond donors (Lipinski definition) is 3. The van der Waals surface area contributed by atoms with E-state index in [1.807, 2.05) is 6.07 Å². The second-order valence-corrected chi connectivity index (χ2v) is 4.35. The third-order valence-electron chi connectivity index (χ3n) is 2.42. The summed E-state index contributed by atoms with van der Waals surface area (Å²) in [7, 11) is 0. The van der Waals surface area contributed by atoms with Crippen molar-refractivity contribution in [2.45, 2.75) is 6.92 Å². The Hall–Kier alpha value is -2.34. The number of guanidine groups is 1. The minimum Gasteiger partial charge on any atom is -0.370 e. The molecule has 7 heteroatoms. The van der Waals surface area contributed by atoms with E-state index in [1.165, 1.54) is 0 Å². The second-order valence-electron chi connectivity index (χ2n) is 3.91. The Morgan fingerprint density at radius 1 is 1.42 bits per heavy atom. The molecule has 19 heavy (non-hydrogen) atoms. The maximum atomic E-state index is 11.7. The van der Waals surface area contributed by atoms with Gasteiger partial charge in [0.15, 0.2) is 11.7 Å². The molecular formula is C12H12ClN5O. The van der Waals surface area contributed by atoms with Crippen LogP contribution in [0, 0.1) is 6.92 Å². The monoisotopic (exact) mass is 277 g/mol. The molecule has 98 valence electrons. The fourth-order valence-electron chi connectivity index (χ4n) is 1.61. The zero-order chi connectivity index (χ0) is 14.0. The van der Waals surface area contributed by atoms with Crippen molar-refractivity contribution in [3.8, 4) is 11.4 Å². The van der Waals surface area contributed by atoms with Crippen molar-refractivity contribution in [2.24, 2.45) is 16.5 Å². The lowest BCUT2D eigenvalue weighted by atomic mass is 10.2. The maximum absolute atomic E-state index is 11.7. The number of aromatic amines is 1. The number of benzene rings is 1. The average molecular weight is 278 g/mol. The Kier molecular flexibility index (Phi) is 3.52. The predicted octanol–water partition coefficient (Wildman–Crippen LogP) is 1.45. The number of H-pyrrole nitrogens is 1. The average Bonchev–Trinajstić information content (AvgIpc) is 2.70. The highest BCUT2D eigenvalue weighted by molar-refractivity contribution is 6.30. The van der Waals surface area contributed by atoms with Crippen LogP contribution in [0.1, 0.15) is 16.2 Å². The van der Waals surface area contributed by atoms with E-state index < -0.39 is 5.91 Å². The molecule has 0 aliphatic rings. The van der Waals surface area contributed by atoms with Crippen LogP contribution in [-0.4, -0.2) is 21.8 Å². The number of aliphatic imine (C=N–C) groups is 1. The molecular weight excluding hydrogens is 266 g/mol. The largest absolute Gasteiger partial charge is 0.370 e. The van der Waals surface area contributed by atoms with E-state index in [0.717, 1.165) is 5.56 Å². The van der Waals surface area contributed by atoms with Crippen LogP contribution in [0.15, 0.2) is 29.3 Å². The predicted molar refractivity (Wildman–Crippen MR) is 73.9 cm³/mol. The number of hydrogen-bond acceptors (Lipinski definition) is 2. The van der Waals surface area contributed by atoms with E-state index in [1.54, 1.807) is 25.1 Å². The zero-order valence-corrected chi connectivity index (χ0v) is 10.9. The quantitative estimate of drug-likeness (QED) is 0.570. The molecule has 0 unspecified atom stereocenters. The lowest BCUT2D eigenvalue weighted by Crippen LogP contribution is -2.24. The van der Waals surface area contributed by atoms with Gasteiger partial charge in [0.2, 0.25) is 0 Å². The Bertz CT molecular complexity index is 658. The van der Waals surface area contributed by atoms with Crippen molar-refractivity contribution in [1.29, 1.82) is 0 Å². The third kappa shape index (κ3) is 2.92. The van der Waals surface area contributed by atoms with E-state index in [0.29, 0.717) is 16.5 Å². The molecule has 0 fully saturated rings. The molecule has 0 radical (unpaired) electrons. The first-order valence-electron chi connectivity index (χ1n) is 5.44. The van der Waals surface area contributed by atoms with Crippen LogP contribution in [0.5, 0.6) is 0 Å². The summed E-state index contributed by atoms with van der Waals surface area (Å²) in [5.74, 6) is -0.340. The van der Waals surface area contributed by atoms with Gasteiger partial charge in [0.1, 0.15) is 5.82 Å². The van der Waals surface area contributed by atoms with Crippen LogP contribution in [0.4, 0.5) is 0 Å². The first-order valence-corrected chi connectivity index (χ1v) is 5.81. The number of nitrogens with two attached hydrogens (primary N) is 2. The van der Waals surface area contributed by atoms with Crippen molar-refractivity contribution in [3.63, 3.8) is 0 Å². The number of imidazole rings is 1. The molecule has 1 amide bonds. The van der Waals surface area contributed by atoms with E-state index in [2.05, 4.69) is 15.0 Å². The molecule has 5 N–H and O–H groups in total. The summed E-state index contributed by atoms with van der Waals surface area (Å²) in [6.45, 7) is 1.72. The Morgan fingerprint density at radius 2 is 2.16 bits per heavy atom. The van der Waals surface area contributed by atoms with E-state index in [9.17, 15) is 4.79 Å². The molecule has 0 aliphatic heterocycles. The van der Waals surface area contributed by atoms with Crippen molar-refractivity contribution in [3.05, 3.63) is 40.7 Å². The molecule has 1 heterocycles. The summed E-state index contributed by atoms with van der Waals surface area (Å²) in [4.78, 5) is 22.4. The smallest absolute Gasteiger partial charge is 0.300 e. The van der Waals surface area contributed by atoms with Crippen LogP contribution in [0.25, 0.3) is 11.4 Å². The number of carbonyl (C=O) groups excluding carboxylic acids is 1. The first kappa shape index (κ1) is 13.1. The van der Waals surface area contributed by atoms with Gasteiger partial charge in [-0.05, 0) is 19.1 Å². The van der Waals surface area contributed by atoms with Gasteiger partial charge in [-0.15, -0.1) is 0 Å². The molecule has 0 saturated carbocycles. The van der Waals surface area contributed by atoms with Gasteiger partial charge in [0, 0.05) is 16.3 Å². The SMILES string of the molecule is Cc1[nH]c(-c2cccc(Cl)c2)nc1C(=O)N=C(N)N. The molecule has 1 aromatic carbocycles. The fraction of sp³-hybridized carbons (Fsp3) is 0.0833. The van der Waals surface area contributed by atoms with Crippen LogP contribution >= 0.6 is 11.6 Å². The van der Waals surface area contributed by atoms with Gasteiger partial charge in [-0.25, -0.2) is 4.98 Å². The molecule has 2 rings (SSSR count). The molecule has 1 aromatic heterocycles. The highest BCUT2D eigenvalue weighted by Gasteiger charge is 2.15. The summed E-state index contributed by atoms with van der Waals surface area (Å²) in [6, 6.07) is 7.13. The van der Waals surface area contributed by atoms with Crippen molar-refractivity contribution >= 4 is 23.5 Å². The van der Waals surface area contributed by atoms with Crippen LogP contribution < -0.4 is 11.5 Å². The van der Waals surface area contributed by atoms with Crippen LogP contribution in [-0.2, 0) is 0 Å². The number of halogens is 1. The van der Waals surface area contributed by atoms with Crippen LogP contribution in [0.3, 0.4) is 0 Å². The lowest BCUT2D eigenvalue weighted by Gasteiger charge is -1.96. The Balaban J connectivity index is 2.42. The lowest BCUT2D eigenvalue weighted by molar-refractivity contribution is 0.0998. The van der Waals surface area contributed by atoms with E-state index in [-0.39, 0.29) is 11.7 Å². The number of aryl methyl sites for hydroxylation is 1. The normalized spacial score (nSPS) is 10.2. The van der Waals surface area contributed by atoms with Gasteiger partial charge in [-0.2, -0.15) is 4.99 Å². The zero-order valence-electron chi connectivity index (χ0n) is 10.1.